The van der Waals surface area contributed by atoms with E-state index >= 15 is 0 Å². The van der Waals surface area contributed by atoms with Crippen LogP contribution in [0, 0.1) is 0 Å². The summed E-state index contributed by atoms with van der Waals surface area (Å²) in [5, 5.41) is 9.75. The second-order valence-electron chi connectivity index (χ2n) is 14.7. The zero-order chi connectivity index (χ0) is 39.2. The number of benzene rings is 4. The zero-order valence-electron chi connectivity index (χ0n) is 31.4. The Bertz CT molecular complexity index is 2930. The van der Waals surface area contributed by atoms with E-state index in [9.17, 15) is 14.7 Å². The lowest BCUT2D eigenvalue weighted by atomic mass is 10.0. The largest absolute Gasteiger partial charge is 0.480 e. The molecular formula is C50H37N5O3. The number of H-pyrrole nitrogens is 2. The molecule has 0 saturated carbocycles. The Kier molecular flexibility index (Phi) is 8.71. The number of aromatic nitrogens is 4. The van der Waals surface area contributed by atoms with E-state index in [0.29, 0.717) is 24.9 Å². The van der Waals surface area contributed by atoms with E-state index in [-0.39, 0.29) is 5.91 Å². The van der Waals surface area contributed by atoms with Gasteiger partial charge in [-0.3, -0.25) is 4.79 Å². The lowest BCUT2D eigenvalue weighted by Crippen LogP contribution is -2.40. The van der Waals surface area contributed by atoms with E-state index in [2.05, 4.69) is 101 Å². The molecular weight excluding hydrogens is 719 g/mol. The number of amides is 1. The highest BCUT2D eigenvalue weighted by Gasteiger charge is 2.34. The van der Waals surface area contributed by atoms with E-state index in [0.717, 1.165) is 89.4 Å². The first-order chi connectivity index (χ1) is 28.5. The van der Waals surface area contributed by atoms with Gasteiger partial charge in [0.15, 0.2) is 0 Å². The standard InChI is InChI=1S/C50H37N5O3/c56-49(55-30-10-17-44(55)50(57)58)35-20-18-34(19-21-35)48-42-28-26-40(53-42)46(32-13-6-2-7-14-32)38-24-22-36(51-38)45(31-11-4-1-5-12-31)37-23-25-39(52-37)47(33-15-8-3-9-16-33)41-27-29-43(48)54-41/h1-9,11-16,18-29,44,51,54H,10,17,30H2,(H,57,58)/t44-/m0/s1. The molecule has 1 saturated heterocycles. The number of carbonyl (C=O) groups is 2. The SMILES string of the molecule is O=C(O)[C@@H]1CCCN1C(=O)c1ccc(-c2c3nc(c(-c4ccccc4)c4ccc([nH]4)c(-c4ccccc4)c4nc(c(-c5ccccc5)c5ccc2[nH]5)C=C4)C=C3)cc1. The van der Waals surface area contributed by atoms with Crippen molar-refractivity contribution < 1.29 is 14.7 Å². The number of aliphatic carboxylic acids is 1. The predicted octanol–water partition coefficient (Wildman–Crippen LogP) is 11.0. The number of nitrogens with zero attached hydrogens (tertiary/aromatic N) is 3. The second kappa shape index (κ2) is 14.5. The number of carbonyl (C=O) groups excluding carboxylic acids is 1. The van der Waals surface area contributed by atoms with Crippen molar-refractivity contribution in [3.63, 3.8) is 0 Å². The van der Waals surface area contributed by atoms with Crippen LogP contribution < -0.4 is 0 Å². The number of fused-ring (bicyclic) bond motifs is 8. The van der Waals surface area contributed by atoms with E-state index in [4.69, 9.17) is 9.97 Å². The zero-order valence-corrected chi connectivity index (χ0v) is 31.4. The smallest absolute Gasteiger partial charge is 0.326 e. The molecule has 0 spiro atoms. The number of nitrogens with one attached hydrogen (secondary N) is 2. The molecule has 3 aromatic heterocycles. The Labute approximate surface area is 334 Å². The first-order valence-corrected chi connectivity index (χ1v) is 19.5. The molecule has 1 atom stereocenters. The maximum Gasteiger partial charge on any atom is 0.326 e. The Hall–Kier alpha value is -7.58. The highest BCUT2D eigenvalue weighted by molar-refractivity contribution is 6.01. The van der Waals surface area contributed by atoms with E-state index in [1.54, 1.807) is 12.1 Å². The fourth-order valence-corrected chi connectivity index (χ4v) is 8.45. The summed E-state index contributed by atoms with van der Waals surface area (Å²) >= 11 is 0. The van der Waals surface area contributed by atoms with Gasteiger partial charge in [0.2, 0.25) is 0 Å². The predicted molar refractivity (Wildman–Crippen MR) is 232 cm³/mol. The minimum atomic E-state index is -0.971. The monoisotopic (exact) mass is 755 g/mol. The van der Waals surface area contributed by atoms with Crippen LogP contribution in [0.2, 0.25) is 0 Å². The fourth-order valence-electron chi connectivity index (χ4n) is 8.45. The average molecular weight is 756 g/mol. The summed E-state index contributed by atoms with van der Waals surface area (Å²) in [7, 11) is 0. The van der Waals surface area contributed by atoms with Gasteiger partial charge in [-0.2, -0.15) is 0 Å². The van der Waals surface area contributed by atoms with Gasteiger partial charge in [0.05, 0.1) is 22.8 Å². The molecule has 8 bridgehead atoms. The lowest BCUT2D eigenvalue weighted by Gasteiger charge is -2.21. The normalized spacial score (nSPS) is 14.6. The van der Waals surface area contributed by atoms with Crippen molar-refractivity contribution >= 4 is 58.2 Å². The molecule has 7 aromatic rings. The van der Waals surface area contributed by atoms with Crippen molar-refractivity contribution in [3.8, 4) is 44.5 Å². The Morgan fingerprint density at radius 3 is 1.22 bits per heavy atom. The van der Waals surface area contributed by atoms with Crippen molar-refractivity contribution in [1.82, 2.24) is 24.8 Å². The molecule has 0 radical (unpaired) electrons. The Balaban J connectivity index is 1.27. The molecule has 4 aromatic carbocycles. The Morgan fingerprint density at radius 2 is 0.862 bits per heavy atom. The highest BCUT2D eigenvalue weighted by Crippen LogP contribution is 2.38. The molecule has 58 heavy (non-hydrogen) atoms. The van der Waals surface area contributed by atoms with Crippen LogP contribution in [0.5, 0.6) is 0 Å². The topological polar surface area (TPSA) is 115 Å². The van der Waals surface area contributed by atoms with E-state index in [1.165, 1.54) is 4.90 Å². The summed E-state index contributed by atoms with van der Waals surface area (Å²) in [6, 6.07) is 46.0. The summed E-state index contributed by atoms with van der Waals surface area (Å²) in [4.78, 5) is 45.2. The average Bonchev–Trinajstić information content (AvgIpc) is 4.12. The number of carboxylic acid groups (broad SMARTS) is 1. The summed E-state index contributed by atoms with van der Waals surface area (Å²) in [5.41, 5.74) is 15.0. The molecule has 3 aliphatic heterocycles. The van der Waals surface area contributed by atoms with Gasteiger partial charge in [-0.15, -0.1) is 0 Å². The third-order valence-corrected chi connectivity index (χ3v) is 11.2. The van der Waals surface area contributed by atoms with Crippen LogP contribution in [-0.4, -0.2) is 54.4 Å². The van der Waals surface area contributed by atoms with Crippen molar-refractivity contribution in [2.75, 3.05) is 6.54 Å². The van der Waals surface area contributed by atoms with Gasteiger partial charge in [0.25, 0.3) is 5.91 Å². The van der Waals surface area contributed by atoms with Crippen molar-refractivity contribution in [3.05, 3.63) is 168 Å². The maximum absolute atomic E-state index is 13.6. The molecule has 8 nitrogen and oxygen atoms in total. The van der Waals surface area contributed by atoms with Crippen molar-refractivity contribution in [1.29, 1.82) is 0 Å². The number of likely N-dealkylation sites (tertiary alicyclic amines) is 1. The molecule has 0 unspecified atom stereocenters. The van der Waals surface area contributed by atoms with Crippen molar-refractivity contribution in [2.24, 2.45) is 0 Å². The molecule has 3 aliphatic rings. The highest BCUT2D eigenvalue weighted by atomic mass is 16.4. The van der Waals surface area contributed by atoms with Gasteiger partial charge in [0.1, 0.15) is 6.04 Å². The molecule has 8 heteroatoms. The fraction of sp³-hybridized carbons (Fsp3) is 0.0800. The van der Waals surface area contributed by atoms with Gasteiger partial charge >= 0.3 is 5.97 Å². The van der Waals surface area contributed by atoms with Gasteiger partial charge in [0, 0.05) is 56.4 Å². The first-order valence-electron chi connectivity index (χ1n) is 19.5. The van der Waals surface area contributed by atoms with Gasteiger partial charge in [-0.25, -0.2) is 14.8 Å². The number of carboxylic acids is 1. The quantitative estimate of drug-likeness (QED) is 0.156. The molecule has 6 heterocycles. The first kappa shape index (κ1) is 34.9. The molecule has 10 rings (SSSR count). The molecule has 280 valence electrons. The lowest BCUT2D eigenvalue weighted by molar-refractivity contribution is -0.141. The summed E-state index contributed by atoms with van der Waals surface area (Å²) in [5.74, 6) is -1.25. The number of aromatic amines is 2. The van der Waals surface area contributed by atoms with Crippen LogP contribution in [0.15, 0.2) is 140 Å². The minimum Gasteiger partial charge on any atom is -0.480 e. The second-order valence-corrected chi connectivity index (χ2v) is 14.7. The van der Waals surface area contributed by atoms with Crippen LogP contribution in [0.4, 0.5) is 0 Å². The van der Waals surface area contributed by atoms with E-state index in [1.807, 2.05) is 60.7 Å². The number of hydrogen-bond acceptors (Lipinski definition) is 4. The Morgan fingerprint density at radius 1 is 0.500 bits per heavy atom. The summed E-state index contributed by atoms with van der Waals surface area (Å²) in [6.45, 7) is 0.425. The minimum absolute atomic E-state index is 0.279. The van der Waals surface area contributed by atoms with Crippen LogP contribution >= 0.6 is 0 Å². The van der Waals surface area contributed by atoms with Gasteiger partial charge in [-0.05, 0) is 95.8 Å². The molecule has 0 aliphatic carbocycles. The van der Waals surface area contributed by atoms with Crippen molar-refractivity contribution in [2.45, 2.75) is 18.9 Å². The molecule has 1 amide bonds. The molecule has 3 N–H and O–H groups in total. The third-order valence-electron chi connectivity index (χ3n) is 11.2. The van der Waals surface area contributed by atoms with Gasteiger partial charge < -0.3 is 20.0 Å². The van der Waals surface area contributed by atoms with Crippen LogP contribution in [-0.2, 0) is 4.79 Å². The van der Waals surface area contributed by atoms with Crippen LogP contribution in [0.3, 0.4) is 0 Å². The van der Waals surface area contributed by atoms with Crippen LogP contribution in [0.1, 0.15) is 46.0 Å². The maximum atomic E-state index is 13.6. The summed E-state index contributed by atoms with van der Waals surface area (Å²) in [6.07, 6.45) is 9.41. The summed E-state index contributed by atoms with van der Waals surface area (Å²) < 4.78 is 0. The number of rotatable bonds is 6. The number of hydrogen-bond donors (Lipinski definition) is 3. The molecule has 1 fully saturated rings. The third kappa shape index (κ3) is 6.21. The van der Waals surface area contributed by atoms with E-state index < -0.39 is 12.0 Å². The van der Waals surface area contributed by atoms with Crippen LogP contribution in [0.25, 0.3) is 90.9 Å². The van der Waals surface area contributed by atoms with Gasteiger partial charge in [-0.1, -0.05) is 103 Å².